The molecule has 1 aromatic heterocycles. The maximum Gasteiger partial charge on any atom is 0.198 e. The fourth-order valence-electron chi connectivity index (χ4n) is 2.98. The van der Waals surface area contributed by atoms with Gasteiger partial charge in [0, 0.05) is 4.88 Å². The predicted molar refractivity (Wildman–Crippen MR) is 76.5 cm³/mol. The topological polar surface area (TPSA) is 17.1 Å². The largest absolute Gasteiger partial charge is 0.288 e. The number of allylic oxidation sites excluding steroid dienone is 2. The van der Waals surface area contributed by atoms with Crippen molar-refractivity contribution in [3.05, 3.63) is 33.0 Å². The Hall–Kier alpha value is -0.890. The molecule has 1 nitrogen and oxygen atoms in total. The summed E-state index contributed by atoms with van der Waals surface area (Å²) in [5, 5.41) is 0. The summed E-state index contributed by atoms with van der Waals surface area (Å²) < 4.78 is 0. The van der Waals surface area contributed by atoms with Crippen LogP contribution in [0.3, 0.4) is 0 Å². The van der Waals surface area contributed by atoms with Gasteiger partial charge in [-0.05, 0) is 68.6 Å². The maximum absolute atomic E-state index is 12.4. The molecule has 1 aromatic rings. The lowest BCUT2D eigenvalue weighted by Gasteiger charge is -2.10. The van der Waals surface area contributed by atoms with Crippen LogP contribution in [0.25, 0.3) is 0 Å². The van der Waals surface area contributed by atoms with Crippen LogP contribution in [0.4, 0.5) is 0 Å². The van der Waals surface area contributed by atoms with Gasteiger partial charge in [-0.2, -0.15) is 0 Å². The number of ketones is 1. The lowest BCUT2D eigenvalue weighted by Crippen LogP contribution is -2.04. The van der Waals surface area contributed by atoms with E-state index in [1.165, 1.54) is 55.4 Å². The molecular formula is C16H20OS. The highest BCUT2D eigenvalue weighted by Crippen LogP contribution is 2.31. The lowest BCUT2D eigenvalue weighted by atomic mass is 9.95. The van der Waals surface area contributed by atoms with Gasteiger partial charge in [-0.15, -0.1) is 11.3 Å². The second-order valence-corrected chi connectivity index (χ2v) is 6.56. The molecule has 2 aliphatic carbocycles. The number of fused-ring (bicyclic) bond motifs is 1. The van der Waals surface area contributed by atoms with Crippen LogP contribution in [0.1, 0.15) is 65.1 Å². The molecule has 96 valence electrons. The van der Waals surface area contributed by atoms with Crippen LogP contribution < -0.4 is 0 Å². The summed E-state index contributed by atoms with van der Waals surface area (Å²) in [7, 11) is 0. The third-order valence-corrected chi connectivity index (χ3v) is 5.29. The molecule has 0 spiro atoms. The Labute approximate surface area is 113 Å². The van der Waals surface area contributed by atoms with E-state index in [0.717, 1.165) is 23.3 Å². The van der Waals surface area contributed by atoms with E-state index in [2.05, 4.69) is 12.1 Å². The molecular weight excluding hydrogens is 240 g/mol. The van der Waals surface area contributed by atoms with Crippen molar-refractivity contribution < 1.29 is 4.79 Å². The maximum atomic E-state index is 12.4. The zero-order chi connectivity index (χ0) is 12.4. The third-order valence-electron chi connectivity index (χ3n) is 4.05. The first-order valence-corrected chi connectivity index (χ1v) is 8.01. The Bertz CT molecular complexity index is 458. The summed E-state index contributed by atoms with van der Waals surface area (Å²) in [4.78, 5) is 14.9. The molecule has 0 N–H and O–H groups in total. The number of hydrogen-bond donors (Lipinski definition) is 0. The molecule has 0 amide bonds. The summed E-state index contributed by atoms with van der Waals surface area (Å²) >= 11 is 1.76. The van der Waals surface area contributed by atoms with Gasteiger partial charge in [0.05, 0.1) is 4.88 Å². The minimum Gasteiger partial charge on any atom is -0.288 e. The molecule has 0 unspecified atom stereocenters. The van der Waals surface area contributed by atoms with Crippen LogP contribution in [-0.2, 0) is 12.8 Å². The number of carbonyl (C=O) groups excluding carboxylic acids is 1. The van der Waals surface area contributed by atoms with E-state index in [-0.39, 0.29) is 0 Å². The van der Waals surface area contributed by atoms with Crippen LogP contribution in [0.15, 0.2) is 17.7 Å². The number of rotatable bonds is 2. The highest BCUT2D eigenvalue weighted by atomic mass is 32.1. The van der Waals surface area contributed by atoms with Crippen LogP contribution in [0.2, 0.25) is 0 Å². The smallest absolute Gasteiger partial charge is 0.198 e. The number of carbonyl (C=O) groups is 1. The van der Waals surface area contributed by atoms with E-state index in [1.54, 1.807) is 11.3 Å². The molecule has 18 heavy (non-hydrogen) atoms. The average Bonchev–Trinajstić information content (AvgIpc) is 2.70. The number of hydrogen-bond acceptors (Lipinski definition) is 2. The van der Waals surface area contributed by atoms with Gasteiger partial charge in [0.1, 0.15) is 0 Å². The monoisotopic (exact) mass is 260 g/mol. The number of Topliss-reactive ketones (excluding diaryl/α,β-unsaturated/α-hetero) is 1. The lowest BCUT2D eigenvalue weighted by molar-refractivity contribution is 0.103. The molecule has 0 bridgehead atoms. The van der Waals surface area contributed by atoms with Gasteiger partial charge in [-0.1, -0.05) is 12.5 Å². The quantitative estimate of drug-likeness (QED) is 0.556. The van der Waals surface area contributed by atoms with Gasteiger partial charge in [0.25, 0.3) is 0 Å². The van der Waals surface area contributed by atoms with E-state index in [1.807, 2.05) is 0 Å². The number of aryl methyl sites for hydroxylation is 2. The van der Waals surface area contributed by atoms with Gasteiger partial charge in [0.15, 0.2) is 5.78 Å². The molecule has 0 atom stereocenters. The Morgan fingerprint density at radius 3 is 2.67 bits per heavy atom. The highest BCUT2D eigenvalue weighted by molar-refractivity contribution is 7.14. The van der Waals surface area contributed by atoms with Crippen molar-refractivity contribution in [3.63, 3.8) is 0 Å². The first-order valence-electron chi connectivity index (χ1n) is 7.20. The SMILES string of the molecule is O=C(C1=CCCCC1)c1cc2c(s1)CCCCC2. The second-order valence-electron chi connectivity index (χ2n) is 5.42. The van der Waals surface area contributed by atoms with E-state index < -0.39 is 0 Å². The van der Waals surface area contributed by atoms with E-state index in [0.29, 0.717) is 5.78 Å². The zero-order valence-electron chi connectivity index (χ0n) is 10.8. The molecule has 2 heteroatoms. The standard InChI is InChI=1S/C16H20OS/c17-16(12-7-3-1-4-8-12)15-11-13-9-5-2-6-10-14(13)18-15/h7,11H,1-6,8-10H2. The van der Waals surface area contributed by atoms with Crippen molar-refractivity contribution in [2.24, 2.45) is 0 Å². The Balaban J connectivity index is 1.84. The first-order chi connectivity index (χ1) is 8.84. The highest BCUT2D eigenvalue weighted by Gasteiger charge is 2.19. The van der Waals surface area contributed by atoms with E-state index >= 15 is 0 Å². The van der Waals surface area contributed by atoms with Crippen molar-refractivity contribution in [3.8, 4) is 0 Å². The first kappa shape index (κ1) is 12.2. The van der Waals surface area contributed by atoms with Crippen molar-refractivity contribution in [2.75, 3.05) is 0 Å². The number of thiophene rings is 1. The van der Waals surface area contributed by atoms with Crippen molar-refractivity contribution in [1.29, 1.82) is 0 Å². The van der Waals surface area contributed by atoms with Crippen LogP contribution in [0, 0.1) is 0 Å². The molecule has 3 rings (SSSR count). The summed E-state index contributed by atoms with van der Waals surface area (Å²) in [6.07, 6.45) is 13.0. The van der Waals surface area contributed by atoms with E-state index in [4.69, 9.17) is 0 Å². The van der Waals surface area contributed by atoms with Crippen LogP contribution >= 0.6 is 11.3 Å². The van der Waals surface area contributed by atoms with Gasteiger partial charge in [-0.3, -0.25) is 4.79 Å². The van der Waals surface area contributed by atoms with Gasteiger partial charge in [0.2, 0.25) is 0 Å². The van der Waals surface area contributed by atoms with Gasteiger partial charge in [-0.25, -0.2) is 0 Å². The molecule has 0 radical (unpaired) electrons. The molecule has 2 aliphatic rings. The molecule has 0 saturated heterocycles. The molecule has 0 aromatic carbocycles. The molecule has 1 heterocycles. The fraction of sp³-hybridized carbons (Fsp3) is 0.562. The van der Waals surface area contributed by atoms with Crippen molar-refractivity contribution in [1.82, 2.24) is 0 Å². The summed E-state index contributed by atoms with van der Waals surface area (Å²) in [6.45, 7) is 0. The minimum absolute atomic E-state index is 0.313. The van der Waals surface area contributed by atoms with Crippen LogP contribution in [0.5, 0.6) is 0 Å². The molecule has 0 fully saturated rings. The Morgan fingerprint density at radius 1 is 1.00 bits per heavy atom. The third kappa shape index (κ3) is 2.44. The summed E-state index contributed by atoms with van der Waals surface area (Å²) in [5.74, 6) is 0.313. The Morgan fingerprint density at radius 2 is 1.83 bits per heavy atom. The average molecular weight is 260 g/mol. The molecule has 0 aliphatic heterocycles. The van der Waals surface area contributed by atoms with Crippen molar-refractivity contribution in [2.45, 2.75) is 57.8 Å². The normalized spacial score (nSPS) is 19.9. The predicted octanol–water partition coefficient (Wildman–Crippen LogP) is 4.70. The fourth-order valence-corrected chi connectivity index (χ4v) is 4.21. The van der Waals surface area contributed by atoms with Gasteiger partial charge < -0.3 is 0 Å². The van der Waals surface area contributed by atoms with Crippen molar-refractivity contribution >= 4 is 17.1 Å². The second kappa shape index (κ2) is 5.40. The summed E-state index contributed by atoms with van der Waals surface area (Å²) in [5.41, 5.74) is 2.52. The van der Waals surface area contributed by atoms with E-state index in [9.17, 15) is 4.79 Å². The van der Waals surface area contributed by atoms with Crippen LogP contribution in [-0.4, -0.2) is 5.78 Å². The summed E-state index contributed by atoms with van der Waals surface area (Å²) in [6, 6.07) is 2.18. The minimum atomic E-state index is 0.313. The molecule has 0 saturated carbocycles. The zero-order valence-corrected chi connectivity index (χ0v) is 11.7. The Kier molecular flexibility index (Phi) is 3.64. The van der Waals surface area contributed by atoms with Gasteiger partial charge >= 0.3 is 0 Å².